The van der Waals surface area contributed by atoms with Crippen molar-refractivity contribution in [1.29, 1.82) is 5.26 Å². The van der Waals surface area contributed by atoms with Crippen LogP contribution in [0.5, 0.6) is 0 Å². The summed E-state index contributed by atoms with van der Waals surface area (Å²) in [5, 5.41) is 9.04. The third-order valence-corrected chi connectivity index (χ3v) is 6.47. The minimum absolute atomic E-state index is 0. The Morgan fingerprint density at radius 1 is 1.16 bits per heavy atom. The molecule has 7 heteroatoms. The first-order chi connectivity index (χ1) is 11.4. The summed E-state index contributed by atoms with van der Waals surface area (Å²) in [5.74, 6) is -0.0274. The van der Waals surface area contributed by atoms with Crippen LogP contribution in [0.2, 0.25) is 0 Å². The van der Waals surface area contributed by atoms with E-state index in [2.05, 4.69) is 0 Å². The Labute approximate surface area is 154 Å². The normalized spacial score (nSPS) is 20.7. The predicted octanol–water partition coefficient (Wildman–Crippen LogP) is 2.40. The molecule has 1 aliphatic rings. The molecule has 3 rings (SSSR count). The molecule has 0 radical (unpaired) electrons. The average molecular weight is 378 g/mol. The molecule has 0 amide bonds. The fourth-order valence-corrected chi connectivity index (χ4v) is 4.88. The second-order valence-electron chi connectivity index (χ2n) is 6.10. The molecule has 132 valence electrons. The van der Waals surface area contributed by atoms with E-state index in [9.17, 15) is 8.42 Å². The van der Waals surface area contributed by atoms with Gasteiger partial charge < -0.3 is 5.73 Å². The molecule has 0 spiro atoms. The zero-order chi connectivity index (χ0) is 17.3. The zero-order valence-corrected chi connectivity index (χ0v) is 15.4. The van der Waals surface area contributed by atoms with Crippen LogP contribution < -0.4 is 5.73 Å². The minimum Gasteiger partial charge on any atom is -0.326 e. The van der Waals surface area contributed by atoms with E-state index in [1.165, 1.54) is 10.4 Å². The highest BCUT2D eigenvalue weighted by molar-refractivity contribution is 7.89. The van der Waals surface area contributed by atoms with Crippen molar-refractivity contribution in [1.82, 2.24) is 4.31 Å². The molecule has 1 saturated heterocycles. The summed E-state index contributed by atoms with van der Waals surface area (Å²) in [6, 6.07) is 16.2. The third kappa shape index (κ3) is 3.70. The summed E-state index contributed by atoms with van der Waals surface area (Å²) in [6.45, 7) is 2.36. The fraction of sp³-hybridized carbons (Fsp3) is 0.278. The van der Waals surface area contributed by atoms with Crippen molar-refractivity contribution < 1.29 is 8.42 Å². The third-order valence-electron chi connectivity index (χ3n) is 4.49. The Balaban J connectivity index is 0.00000225. The Bertz CT molecular complexity index is 894. The number of sulfonamides is 1. The lowest BCUT2D eigenvalue weighted by atomic mass is 9.95. The van der Waals surface area contributed by atoms with Crippen molar-refractivity contribution in [3.63, 3.8) is 0 Å². The number of benzene rings is 2. The van der Waals surface area contributed by atoms with Gasteiger partial charge in [0.25, 0.3) is 0 Å². The predicted molar refractivity (Wildman–Crippen MR) is 99.1 cm³/mol. The molecule has 1 fully saturated rings. The summed E-state index contributed by atoms with van der Waals surface area (Å²) >= 11 is 0. The standard InChI is InChI=1S/C18H19N3O2S.ClH/c1-13-7-8-14(10-19)9-18(13)24(22,23)21-11-16(17(20)12-21)15-5-3-2-4-6-15;/h2-9,16-17H,11-12,20H2,1H3;1H/t16-,17+;/m0./s1. The van der Waals surface area contributed by atoms with Crippen LogP contribution >= 0.6 is 12.4 Å². The molecule has 0 bridgehead atoms. The van der Waals surface area contributed by atoms with Gasteiger partial charge in [0.05, 0.1) is 16.5 Å². The minimum atomic E-state index is -3.67. The first-order valence-corrected chi connectivity index (χ1v) is 9.19. The summed E-state index contributed by atoms with van der Waals surface area (Å²) in [5.41, 5.74) is 8.22. The largest absolute Gasteiger partial charge is 0.326 e. The maximum absolute atomic E-state index is 13.0. The van der Waals surface area contributed by atoms with Gasteiger partial charge in [-0.3, -0.25) is 0 Å². The van der Waals surface area contributed by atoms with E-state index in [1.54, 1.807) is 19.1 Å². The van der Waals surface area contributed by atoms with Gasteiger partial charge in [-0.15, -0.1) is 12.4 Å². The quantitative estimate of drug-likeness (QED) is 0.889. The topological polar surface area (TPSA) is 87.2 Å². The lowest BCUT2D eigenvalue weighted by Crippen LogP contribution is -2.32. The van der Waals surface area contributed by atoms with Gasteiger partial charge in [-0.1, -0.05) is 36.4 Å². The van der Waals surface area contributed by atoms with E-state index in [4.69, 9.17) is 11.0 Å². The summed E-state index contributed by atoms with van der Waals surface area (Å²) in [7, 11) is -3.67. The number of hydrogen-bond acceptors (Lipinski definition) is 4. The van der Waals surface area contributed by atoms with Crippen LogP contribution in [0.4, 0.5) is 0 Å². The van der Waals surface area contributed by atoms with Crippen LogP contribution in [0, 0.1) is 18.3 Å². The first-order valence-electron chi connectivity index (χ1n) is 7.75. The molecule has 1 aliphatic heterocycles. The number of nitrogens with zero attached hydrogens (tertiary/aromatic N) is 2. The van der Waals surface area contributed by atoms with Gasteiger partial charge in [-0.25, -0.2) is 8.42 Å². The summed E-state index contributed by atoms with van der Waals surface area (Å²) < 4.78 is 27.4. The number of aryl methyl sites for hydroxylation is 1. The van der Waals surface area contributed by atoms with E-state index in [1.807, 2.05) is 36.4 Å². The van der Waals surface area contributed by atoms with Crippen LogP contribution in [0.25, 0.3) is 0 Å². The molecule has 1 heterocycles. The van der Waals surface area contributed by atoms with Crippen molar-refractivity contribution in [2.75, 3.05) is 13.1 Å². The van der Waals surface area contributed by atoms with E-state index in [-0.39, 0.29) is 35.8 Å². The van der Waals surface area contributed by atoms with E-state index in [0.29, 0.717) is 17.7 Å². The van der Waals surface area contributed by atoms with Gasteiger partial charge in [0.2, 0.25) is 10.0 Å². The maximum atomic E-state index is 13.0. The van der Waals surface area contributed by atoms with Gasteiger partial charge >= 0.3 is 0 Å². The van der Waals surface area contributed by atoms with Crippen molar-refractivity contribution in [3.05, 3.63) is 65.2 Å². The molecule has 0 unspecified atom stereocenters. The molecule has 2 aromatic carbocycles. The molecule has 2 N–H and O–H groups in total. The average Bonchev–Trinajstić information content (AvgIpc) is 2.98. The molecule has 0 aromatic heterocycles. The zero-order valence-electron chi connectivity index (χ0n) is 13.8. The Hall–Kier alpha value is -1.91. The van der Waals surface area contributed by atoms with Crippen LogP contribution in [-0.2, 0) is 10.0 Å². The van der Waals surface area contributed by atoms with Gasteiger partial charge in [0.15, 0.2) is 0 Å². The van der Waals surface area contributed by atoms with E-state index >= 15 is 0 Å². The van der Waals surface area contributed by atoms with Crippen molar-refractivity contribution in [2.45, 2.75) is 23.8 Å². The number of hydrogen-bond donors (Lipinski definition) is 1. The molecule has 0 saturated carbocycles. The second kappa shape index (κ2) is 7.54. The Morgan fingerprint density at radius 2 is 1.84 bits per heavy atom. The molecule has 25 heavy (non-hydrogen) atoms. The van der Waals surface area contributed by atoms with Crippen LogP contribution in [0.3, 0.4) is 0 Å². The molecule has 2 atom stereocenters. The highest BCUT2D eigenvalue weighted by Gasteiger charge is 2.38. The second-order valence-corrected chi connectivity index (χ2v) is 8.00. The van der Waals surface area contributed by atoms with Gasteiger partial charge in [0, 0.05) is 25.0 Å². The molecule has 2 aromatic rings. The first kappa shape index (κ1) is 19.4. The van der Waals surface area contributed by atoms with Crippen molar-refractivity contribution in [2.24, 2.45) is 5.73 Å². The Morgan fingerprint density at radius 3 is 2.48 bits per heavy atom. The van der Waals surface area contributed by atoms with Crippen LogP contribution in [0.15, 0.2) is 53.4 Å². The monoisotopic (exact) mass is 377 g/mol. The molecule has 0 aliphatic carbocycles. The molecule has 5 nitrogen and oxygen atoms in total. The van der Waals surface area contributed by atoms with Crippen molar-refractivity contribution in [3.8, 4) is 6.07 Å². The number of rotatable bonds is 3. The lowest BCUT2D eigenvalue weighted by molar-refractivity contribution is 0.469. The van der Waals surface area contributed by atoms with Gasteiger partial charge in [-0.05, 0) is 30.2 Å². The van der Waals surface area contributed by atoms with E-state index in [0.717, 1.165) is 5.56 Å². The van der Waals surface area contributed by atoms with Crippen LogP contribution in [-0.4, -0.2) is 31.9 Å². The Kier molecular flexibility index (Phi) is 5.86. The number of nitriles is 1. The number of halogens is 1. The SMILES string of the molecule is Cc1ccc(C#N)cc1S(=O)(=O)N1C[C@@H](N)[C@H](c2ccccc2)C1.Cl. The van der Waals surface area contributed by atoms with Crippen molar-refractivity contribution >= 4 is 22.4 Å². The molecular formula is C18H20ClN3O2S. The van der Waals surface area contributed by atoms with Gasteiger partial charge in [-0.2, -0.15) is 9.57 Å². The summed E-state index contributed by atoms with van der Waals surface area (Å²) in [6.07, 6.45) is 0. The molecular weight excluding hydrogens is 358 g/mol. The summed E-state index contributed by atoms with van der Waals surface area (Å²) in [4.78, 5) is 0.183. The fourth-order valence-electron chi connectivity index (χ4n) is 3.13. The maximum Gasteiger partial charge on any atom is 0.243 e. The number of nitrogens with two attached hydrogens (primary N) is 1. The van der Waals surface area contributed by atoms with E-state index < -0.39 is 10.0 Å². The smallest absolute Gasteiger partial charge is 0.243 e. The lowest BCUT2D eigenvalue weighted by Gasteiger charge is -2.18. The highest BCUT2D eigenvalue weighted by atomic mass is 35.5. The van der Waals surface area contributed by atoms with Gasteiger partial charge in [0.1, 0.15) is 0 Å². The van der Waals surface area contributed by atoms with Crippen LogP contribution in [0.1, 0.15) is 22.6 Å². The highest BCUT2D eigenvalue weighted by Crippen LogP contribution is 2.31.